The smallest absolute Gasteiger partial charge is 0.178 e. The lowest BCUT2D eigenvalue weighted by atomic mass is 10.2. The zero-order valence-corrected chi connectivity index (χ0v) is 10.6. The third-order valence-corrected chi connectivity index (χ3v) is 2.86. The highest BCUT2D eigenvalue weighted by atomic mass is 32.1. The molecule has 0 unspecified atom stereocenters. The normalized spacial score (nSPS) is 11.2. The number of imidazole rings is 1. The molecule has 2 aromatic rings. The Morgan fingerprint density at radius 1 is 1.44 bits per heavy atom. The SMILES string of the molecule is COc1cccc2c1[nH]c(=S)n2CC(C)C. The molecule has 0 aliphatic heterocycles. The van der Waals surface area contributed by atoms with Gasteiger partial charge in [0.05, 0.1) is 12.6 Å². The summed E-state index contributed by atoms with van der Waals surface area (Å²) in [7, 11) is 1.67. The topological polar surface area (TPSA) is 29.9 Å². The lowest BCUT2D eigenvalue weighted by Gasteiger charge is -2.07. The average Bonchev–Trinajstić information content (AvgIpc) is 2.55. The van der Waals surface area contributed by atoms with Gasteiger partial charge in [-0.15, -0.1) is 0 Å². The van der Waals surface area contributed by atoms with E-state index < -0.39 is 0 Å². The Hall–Kier alpha value is -1.29. The number of H-pyrrole nitrogens is 1. The predicted octanol–water partition coefficient (Wildman–Crippen LogP) is 3.36. The van der Waals surface area contributed by atoms with E-state index in [2.05, 4.69) is 29.5 Å². The van der Waals surface area contributed by atoms with Crippen molar-refractivity contribution in [1.29, 1.82) is 0 Å². The molecular formula is C12H16N2OS. The van der Waals surface area contributed by atoms with E-state index in [0.29, 0.717) is 5.92 Å². The summed E-state index contributed by atoms with van der Waals surface area (Å²) >= 11 is 5.33. The van der Waals surface area contributed by atoms with Crippen LogP contribution in [-0.2, 0) is 6.54 Å². The van der Waals surface area contributed by atoms with Crippen LogP contribution in [0.25, 0.3) is 11.0 Å². The Kier molecular flexibility index (Phi) is 3.01. The maximum Gasteiger partial charge on any atom is 0.178 e. The maximum absolute atomic E-state index is 5.33. The molecule has 0 atom stereocenters. The second-order valence-corrected chi connectivity index (χ2v) is 4.68. The summed E-state index contributed by atoms with van der Waals surface area (Å²) in [4.78, 5) is 3.20. The molecule has 0 fully saturated rings. The summed E-state index contributed by atoms with van der Waals surface area (Å²) in [5.41, 5.74) is 2.09. The van der Waals surface area contributed by atoms with E-state index in [-0.39, 0.29) is 0 Å². The Morgan fingerprint density at radius 2 is 2.19 bits per heavy atom. The van der Waals surface area contributed by atoms with E-state index in [1.165, 1.54) is 0 Å². The number of aromatic amines is 1. The van der Waals surface area contributed by atoms with Crippen LogP contribution >= 0.6 is 12.2 Å². The number of nitrogens with one attached hydrogen (secondary N) is 1. The zero-order chi connectivity index (χ0) is 11.7. The average molecular weight is 236 g/mol. The molecule has 0 amide bonds. The van der Waals surface area contributed by atoms with Crippen molar-refractivity contribution in [1.82, 2.24) is 9.55 Å². The standard InChI is InChI=1S/C12H16N2OS/c1-8(2)7-14-9-5-4-6-10(15-3)11(9)13-12(14)16/h4-6,8H,7H2,1-3H3,(H,13,16). The molecule has 1 aromatic heterocycles. The first kappa shape index (κ1) is 11.2. The van der Waals surface area contributed by atoms with Gasteiger partial charge in [0.15, 0.2) is 4.77 Å². The lowest BCUT2D eigenvalue weighted by Crippen LogP contribution is -2.03. The first-order valence-corrected chi connectivity index (χ1v) is 5.80. The van der Waals surface area contributed by atoms with E-state index in [1.807, 2.05) is 12.1 Å². The molecule has 0 radical (unpaired) electrons. The summed E-state index contributed by atoms with van der Waals surface area (Å²) in [5, 5.41) is 0. The lowest BCUT2D eigenvalue weighted by molar-refractivity contribution is 0.419. The fraction of sp³-hybridized carbons (Fsp3) is 0.417. The Balaban J connectivity index is 2.66. The highest BCUT2D eigenvalue weighted by Gasteiger charge is 2.09. The third kappa shape index (κ3) is 1.85. The molecule has 0 saturated carbocycles. The van der Waals surface area contributed by atoms with Gasteiger partial charge >= 0.3 is 0 Å². The van der Waals surface area contributed by atoms with Gasteiger partial charge in [-0.25, -0.2) is 0 Å². The van der Waals surface area contributed by atoms with Gasteiger partial charge in [0.2, 0.25) is 0 Å². The number of aromatic nitrogens is 2. The van der Waals surface area contributed by atoms with E-state index in [4.69, 9.17) is 17.0 Å². The monoisotopic (exact) mass is 236 g/mol. The Bertz CT molecular complexity index is 554. The van der Waals surface area contributed by atoms with Crippen molar-refractivity contribution in [3.05, 3.63) is 23.0 Å². The first-order valence-electron chi connectivity index (χ1n) is 5.39. The summed E-state index contributed by atoms with van der Waals surface area (Å²) in [5.74, 6) is 1.41. The van der Waals surface area contributed by atoms with Gasteiger partial charge in [-0.05, 0) is 30.3 Å². The Labute approximate surface area is 100 Å². The van der Waals surface area contributed by atoms with Crippen LogP contribution in [0.2, 0.25) is 0 Å². The summed E-state index contributed by atoms with van der Waals surface area (Å²) in [6.07, 6.45) is 0. The summed E-state index contributed by atoms with van der Waals surface area (Å²) < 4.78 is 8.19. The molecule has 1 heterocycles. The van der Waals surface area contributed by atoms with Gasteiger partial charge in [-0.1, -0.05) is 19.9 Å². The number of ether oxygens (including phenoxy) is 1. The number of benzene rings is 1. The number of para-hydroxylation sites is 1. The highest BCUT2D eigenvalue weighted by Crippen LogP contribution is 2.24. The number of hydrogen-bond donors (Lipinski definition) is 1. The molecule has 0 spiro atoms. The third-order valence-electron chi connectivity index (χ3n) is 2.54. The van der Waals surface area contributed by atoms with Gasteiger partial charge in [-0.2, -0.15) is 0 Å². The summed E-state index contributed by atoms with van der Waals surface area (Å²) in [6, 6.07) is 5.99. The van der Waals surface area contributed by atoms with Crippen LogP contribution in [0.4, 0.5) is 0 Å². The van der Waals surface area contributed by atoms with Crippen molar-refractivity contribution in [2.45, 2.75) is 20.4 Å². The van der Waals surface area contributed by atoms with Crippen molar-refractivity contribution in [3.63, 3.8) is 0 Å². The van der Waals surface area contributed by atoms with Gasteiger partial charge in [0, 0.05) is 6.54 Å². The van der Waals surface area contributed by atoms with Crippen LogP contribution in [0.3, 0.4) is 0 Å². The highest BCUT2D eigenvalue weighted by molar-refractivity contribution is 7.71. The largest absolute Gasteiger partial charge is 0.494 e. The molecule has 0 bridgehead atoms. The number of methoxy groups -OCH3 is 1. The number of hydrogen-bond acceptors (Lipinski definition) is 2. The molecule has 3 nitrogen and oxygen atoms in total. The van der Waals surface area contributed by atoms with Crippen LogP contribution in [0.15, 0.2) is 18.2 Å². The quantitative estimate of drug-likeness (QED) is 0.828. The molecule has 86 valence electrons. The van der Waals surface area contributed by atoms with Crippen LogP contribution in [0.5, 0.6) is 5.75 Å². The minimum Gasteiger partial charge on any atom is -0.494 e. The van der Waals surface area contributed by atoms with Gasteiger partial charge in [0.1, 0.15) is 11.3 Å². The van der Waals surface area contributed by atoms with Gasteiger partial charge < -0.3 is 14.3 Å². The van der Waals surface area contributed by atoms with E-state index in [9.17, 15) is 0 Å². The van der Waals surface area contributed by atoms with Gasteiger partial charge in [-0.3, -0.25) is 0 Å². The van der Waals surface area contributed by atoms with E-state index >= 15 is 0 Å². The predicted molar refractivity (Wildman–Crippen MR) is 68.5 cm³/mol. The van der Waals surface area contributed by atoms with Crippen LogP contribution in [-0.4, -0.2) is 16.7 Å². The second kappa shape index (κ2) is 4.29. The Morgan fingerprint density at radius 3 is 2.81 bits per heavy atom. The molecule has 0 aliphatic carbocycles. The fourth-order valence-corrected chi connectivity index (χ4v) is 2.15. The van der Waals surface area contributed by atoms with Crippen molar-refractivity contribution < 1.29 is 4.74 Å². The maximum atomic E-state index is 5.33. The number of nitrogens with zero attached hydrogens (tertiary/aromatic N) is 1. The minimum atomic E-state index is 0.567. The summed E-state index contributed by atoms with van der Waals surface area (Å²) in [6.45, 7) is 5.29. The first-order chi connectivity index (χ1) is 7.63. The molecule has 2 rings (SSSR count). The molecule has 0 aliphatic rings. The molecular weight excluding hydrogens is 220 g/mol. The molecule has 0 saturated heterocycles. The van der Waals surface area contributed by atoms with Crippen molar-refractivity contribution in [2.75, 3.05) is 7.11 Å². The fourth-order valence-electron chi connectivity index (χ4n) is 1.87. The second-order valence-electron chi connectivity index (χ2n) is 4.29. The van der Waals surface area contributed by atoms with Crippen LogP contribution in [0.1, 0.15) is 13.8 Å². The van der Waals surface area contributed by atoms with E-state index in [1.54, 1.807) is 7.11 Å². The minimum absolute atomic E-state index is 0.567. The molecule has 16 heavy (non-hydrogen) atoms. The van der Waals surface area contributed by atoms with Crippen LogP contribution in [0, 0.1) is 10.7 Å². The number of rotatable bonds is 3. The van der Waals surface area contributed by atoms with Crippen molar-refractivity contribution >= 4 is 23.3 Å². The van der Waals surface area contributed by atoms with E-state index in [0.717, 1.165) is 28.1 Å². The zero-order valence-electron chi connectivity index (χ0n) is 9.78. The molecule has 4 heteroatoms. The van der Waals surface area contributed by atoms with Gasteiger partial charge in [0.25, 0.3) is 0 Å². The van der Waals surface area contributed by atoms with Crippen LogP contribution < -0.4 is 4.74 Å². The molecule has 1 N–H and O–H groups in total. The van der Waals surface area contributed by atoms with Crippen molar-refractivity contribution in [3.8, 4) is 5.75 Å². The van der Waals surface area contributed by atoms with Crippen molar-refractivity contribution in [2.24, 2.45) is 5.92 Å². The number of fused-ring (bicyclic) bond motifs is 1. The molecule has 1 aromatic carbocycles.